The Morgan fingerprint density at radius 1 is 0.737 bits per heavy atom. The van der Waals surface area contributed by atoms with Crippen LogP contribution in [0.15, 0.2) is 0 Å². The van der Waals surface area contributed by atoms with Crippen LogP contribution in [0.3, 0.4) is 0 Å². The molecule has 0 amide bonds. The fourth-order valence-corrected chi connectivity index (χ4v) is 2.36. The van der Waals surface area contributed by atoms with Crippen LogP contribution < -0.4 is 5.32 Å². The molecule has 0 aromatic carbocycles. The van der Waals surface area contributed by atoms with E-state index in [-0.39, 0.29) is 0 Å². The molecule has 0 aliphatic rings. The molecule has 0 aromatic heterocycles. The molecule has 116 valence electrons. The summed E-state index contributed by atoms with van der Waals surface area (Å²) in [7, 11) is 0. The molecule has 0 aliphatic heterocycles. The fourth-order valence-electron chi connectivity index (χ4n) is 2.36. The summed E-state index contributed by atoms with van der Waals surface area (Å²) in [6, 6.07) is 0. The Morgan fingerprint density at radius 2 is 1.16 bits per heavy atom. The maximum absolute atomic E-state index is 9.49. The molecule has 0 saturated carbocycles. The van der Waals surface area contributed by atoms with Crippen LogP contribution in [0.4, 0.5) is 0 Å². The van der Waals surface area contributed by atoms with Crippen molar-refractivity contribution in [2.45, 2.75) is 103 Å². The Labute approximate surface area is 119 Å². The molecule has 0 aliphatic carbocycles. The number of rotatable bonds is 14. The van der Waals surface area contributed by atoms with Gasteiger partial charge in [-0.3, -0.25) is 5.32 Å². The molecule has 19 heavy (non-hydrogen) atoms. The van der Waals surface area contributed by atoms with Gasteiger partial charge >= 0.3 is 0 Å². The van der Waals surface area contributed by atoms with E-state index >= 15 is 0 Å². The van der Waals surface area contributed by atoms with Crippen LogP contribution in [0.1, 0.15) is 90.9 Å². The first-order chi connectivity index (χ1) is 9.16. The summed E-state index contributed by atoms with van der Waals surface area (Å²) in [5.41, 5.74) is 0. The van der Waals surface area contributed by atoms with E-state index in [4.69, 9.17) is 5.11 Å². The minimum Gasteiger partial charge on any atom is -0.379 e. The van der Waals surface area contributed by atoms with E-state index in [1.165, 1.54) is 64.2 Å². The number of nitrogens with one attached hydrogen (secondary N) is 1. The third-order valence-electron chi connectivity index (χ3n) is 3.51. The van der Waals surface area contributed by atoms with Crippen LogP contribution in [0.5, 0.6) is 0 Å². The Balaban J connectivity index is 3.06. The van der Waals surface area contributed by atoms with Crippen molar-refractivity contribution < 1.29 is 10.2 Å². The monoisotopic (exact) mass is 273 g/mol. The first-order valence-electron chi connectivity index (χ1n) is 8.29. The molecule has 3 heteroatoms. The average molecular weight is 273 g/mol. The van der Waals surface area contributed by atoms with Gasteiger partial charge in [-0.25, -0.2) is 0 Å². The lowest BCUT2D eigenvalue weighted by Crippen LogP contribution is -2.35. The number of aliphatic hydroxyl groups excluding tert-OH is 2. The summed E-state index contributed by atoms with van der Waals surface area (Å²) >= 11 is 0. The van der Waals surface area contributed by atoms with Crippen LogP contribution in [0.25, 0.3) is 0 Å². The quantitative estimate of drug-likeness (QED) is 0.332. The van der Waals surface area contributed by atoms with Gasteiger partial charge in [0, 0.05) is 0 Å². The van der Waals surface area contributed by atoms with Gasteiger partial charge in [0.15, 0.2) is 0 Å². The van der Waals surface area contributed by atoms with Crippen molar-refractivity contribution in [3.8, 4) is 0 Å². The van der Waals surface area contributed by atoms with Crippen molar-refractivity contribution in [3.05, 3.63) is 0 Å². The highest BCUT2D eigenvalue weighted by Crippen LogP contribution is 2.12. The molecule has 0 saturated heterocycles. The smallest absolute Gasteiger partial charge is 0.106 e. The topological polar surface area (TPSA) is 52.5 Å². The summed E-state index contributed by atoms with van der Waals surface area (Å²) in [4.78, 5) is 0. The number of unbranched alkanes of at least 4 members (excludes halogenated alkanes) is 10. The molecule has 0 spiro atoms. The van der Waals surface area contributed by atoms with E-state index in [1.807, 2.05) is 0 Å². The third kappa shape index (κ3) is 15.8. The molecule has 3 N–H and O–H groups in total. The van der Waals surface area contributed by atoms with E-state index < -0.39 is 12.5 Å². The van der Waals surface area contributed by atoms with Crippen LogP contribution in [0, 0.1) is 0 Å². The molecule has 0 fully saturated rings. The lowest BCUT2D eigenvalue weighted by molar-refractivity contribution is 0.0459. The zero-order chi connectivity index (χ0) is 14.3. The lowest BCUT2D eigenvalue weighted by atomic mass is 10.1. The fraction of sp³-hybridized carbons (Fsp3) is 1.00. The van der Waals surface area contributed by atoms with Gasteiger partial charge in [0.1, 0.15) is 12.5 Å². The average Bonchev–Trinajstić information content (AvgIpc) is 2.35. The molecule has 0 radical (unpaired) electrons. The molecule has 0 heterocycles. The minimum absolute atomic E-state index is 0.557. The predicted molar refractivity (Wildman–Crippen MR) is 81.9 cm³/mol. The SMILES string of the molecule is CCCCCCCCCCCCCC(O)NC(C)O. The van der Waals surface area contributed by atoms with Crippen molar-refractivity contribution in [1.29, 1.82) is 0 Å². The maximum atomic E-state index is 9.49. The molecule has 0 bridgehead atoms. The Bertz CT molecular complexity index is 174. The highest BCUT2D eigenvalue weighted by atomic mass is 16.3. The van der Waals surface area contributed by atoms with Gasteiger partial charge in [0.25, 0.3) is 0 Å². The van der Waals surface area contributed by atoms with E-state index in [0.29, 0.717) is 0 Å². The molecule has 3 nitrogen and oxygen atoms in total. The summed E-state index contributed by atoms with van der Waals surface area (Å²) in [5.74, 6) is 0. The molecule has 0 aromatic rings. The molecular weight excluding hydrogens is 238 g/mol. The van der Waals surface area contributed by atoms with E-state index in [9.17, 15) is 5.11 Å². The van der Waals surface area contributed by atoms with Crippen LogP contribution >= 0.6 is 0 Å². The van der Waals surface area contributed by atoms with Gasteiger partial charge in [-0.15, -0.1) is 0 Å². The zero-order valence-electron chi connectivity index (χ0n) is 13.0. The van der Waals surface area contributed by atoms with Crippen molar-refractivity contribution in [2.24, 2.45) is 0 Å². The number of hydrogen-bond acceptors (Lipinski definition) is 3. The van der Waals surface area contributed by atoms with Crippen molar-refractivity contribution in [2.75, 3.05) is 0 Å². The molecule has 2 unspecified atom stereocenters. The Hall–Kier alpha value is -0.120. The first kappa shape index (κ1) is 18.9. The highest BCUT2D eigenvalue weighted by Gasteiger charge is 2.04. The van der Waals surface area contributed by atoms with E-state index in [1.54, 1.807) is 6.92 Å². The first-order valence-corrected chi connectivity index (χ1v) is 8.29. The van der Waals surface area contributed by atoms with Gasteiger partial charge in [-0.05, 0) is 19.8 Å². The lowest BCUT2D eigenvalue weighted by Gasteiger charge is -2.14. The summed E-state index contributed by atoms with van der Waals surface area (Å²) < 4.78 is 0. The second kappa shape index (κ2) is 14.3. The van der Waals surface area contributed by atoms with E-state index in [0.717, 1.165) is 12.8 Å². The van der Waals surface area contributed by atoms with Gasteiger partial charge in [0.2, 0.25) is 0 Å². The van der Waals surface area contributed by atoms with Crippen LogP contribution in [-0.2, 0) is 0 Å². The highest BCUT2D eigenvalue weighted by molar-refractivity contribution is 4.55. The van der Waals surface area contributed by atoms with E-state index in [2.05, 4.69) is 12.2 Å². The van der Waals surface area contributed by atoms with Crippen molar-refractivity contribution >= 4 is 0 Å². The van der Waals surface area contributed by atoms with Crippen molar-refractivity contribution in [1.82, 2.24) is 5.32 Å². The molecule has 2 atom stereocenters. The zero-order valence-corrected chi connectivity index (χ0v) is 13.0. The van der Waals surface area contributed by atoms with Gasteiger partial charge in [-0.2, -0.15) is 0 Å². The number of aliphatic hydroxyl groups is 2. The van der Waals surface area contributed by atoms with Crippen molar-refractivity contribution in [3.63, 3.8) is 0 Å². The van der Waals surface area contributed by atoms with Gasteiger partial charge in [0.05, 0.1) is 0 Å². The Kier molecular flexibility index (Phi) is 14.2. The Morgan fingerprint density at radius 3 is 1.58 bits per heavy atom. The number of hydrogen-bond donors (Lipinski definition) is 3. The van der Waals surface area contributed by atoms with Gasteiger partial charge < -0.3 is 10.2 Å². The van der Waals surface area contributed by atoms with Gasteiger partial charge in [-0.1, -0.05) is 71.1 Å². The molecule has 0 rings (SSSR count). The largest absolute Gasteiger partial charge is 0.379 e. The third-order valence-corrected chi connectivity index (χ3v) is 3.51. The maximum Gasteiger partial charge on any atom is 0.106 e. The second-order valence-corrected chi connectivity index (χ2v) is 5.68. The minimum atomic E-state index is -0.622. The summed E-state index contributed by atoms with van der Waals surface area (Å²) in [6.07, 6.45) is 14.1. The summed E-state index contributed by atoms with van der Waals surface area (Å²) in [5, 5.41) is 21.2. The summed E-state index contributed by atoms with van der Waals surface area (Å²) in [6.45, 7) is 3.89. The molecular formula is C16H35NO2. The second-order valence-electron chi connectivity index (χ2n) is 5.68. The predicted octanol–water partition coefficient (Wildman–Crippen LogP) is 3.93. The normalized spacial score (nSPS) is 14.5. The van der Waals surface area contributed by atoms with Crippen LogP contribution in [-0.4, -0.2) is 22.7 Å². The van der Waals surface area contributed by atoms with Crippen LogP contribution in [0.2, 0.25) is 0 Å². The standard InChI is InChI=1S/C16H35NO2/c1-3-4-5-6-7-8-9-10-11-12-13-14-16(19)17-15(2)18/h15-19H,3-14H2,1-2H3.